The molecule has 0 bridgehead atoms. The van der Waals surface area contributed by atoms with Crippen LogP contribution in [-0.4, -0.2) is 65.9 Å². The average molecular weight is 460 g/mol. The number of ether oxygens (including phenoxy) is 1. The Bertz CT molecular complexity index is 960. The van der Waals surface area contributed by atoms with E-state index in [9.17, 15) is 13.2 Å². The molecule has 29 heavy (non-hydrogen) atoms. The van der Waals surface area contributed by atoms with Gasteiger partial charge in [-0.05, 0) is 24.6 Å². The maximum atomic E-state index is 12.9. The Kier molecular flexibility index (Phi) is 7.52. The number of morpholine rings is 1. The lowest BCUT2D eigenvalue weighted by Gasteiger charge is -2.26. The van der Waals surface area contributed by atoms with E-state index in [0.717, 1.165) is 18.7 Å². The van der Waals surface area contributed by atoms with Crippen molar-refractivity contribution in [2.24, 2.45) is 0 Å². The zero-order valence-electron chi connectivity index (χ0n) is 15.9. The third-order valence-electron chi connectivity index (χ3n) is 4.13. The number of hydrogen-bond donors (Lipinski definition) is 2. The maximum Gasteiger partial charge on any atom is 0.244 e. The fraction of sp³-hybridized carbons (Fsp3) is 0.471. The smallest absolute Gasteiger partial charge is 0.244 e. The molecule has 158 valence electrons. The van der Waals surface area contributed by atoms with E-state index >= 15 is 0 Å². The molecule has 3 rings (SSSR count). The second-order valence-electron chi connectivity index (χ2n) is 6.31. The Hall–Kier alpha value is -1.66. The highest BCUT2D eigenvalue weighted by molar-refractivity contribution is 7.99. The highest BCUT2D eigenvalue weighted by Crippen LogP contribution is 2.28. The molecule has 1 fully saturated rings. The molecule has 1 aromatic carbocycles. The van der Waals surface area contributed by atoms with Gasteiger partial charge in [0.2, 0.25) is 21.1 Å². The number of amides is 1. The molecule has 0 unspecified atom stereocenters. The fourth-order valence-corrected chi connectivity index (χ4v) is 5.25. The van der Waals surface area contributed by atoms with Crippen molar-refractivity contribution < 1.29 is 17.9 Å². The summed E-state index contributed by atoms with van der Waals surface area (Å²) in [5, 5.41) is 10.2. The number of carbonyl (C=O) groups is 1. The van der Waals surface area contributed by atoms with Gasteiger partial charge in [0.05, 0.1) is 24.0 Å². The van der Waals surface area contributed by atoms with Crippen molar-refractivity contribution in [1.82, 2.24) is 19.5 Å². The molecular weight excluding hydrogens is 438 g/mol. The van der Waals surface area contributed by atoms with E-state index in [-0.39, 0.29) is 34.7 Å². The van der Waals surface area contributed by atoms with Gasteiger partial charge >= 0.3 is 0 Å². The van der Waals surface area contributed by atoms with Crippen LogP contribution in [-0.2, 0) is 26.0 Å². The summed E-state index contributed by atoms with van der Waals surface area (Å²) in [5.41, 5.74) is 0.355. The van der Waals surface area contributed by atoms with Gasteiger partial charge in [-0.3, -0.25) is 9.89 Å². The zero-order chi connectivity index (χ0) is 20.9. The molecule has 0 aliphatic carbocycles. The molecule has 9 nitrogen and oxygen atoms in total. The van der Waals surface area contributed by atoms with Crippen LogP contribution >= 0.6 is 23.4 Å². The van der Waals surface area contributed by atoms with Crippen LogP contribution in [0.3, 0.4) is 0 Å². The van der Waals surface area contributed by atoms with E-state index in [4.69, 9.17) is 16.3 Å². The number of rotatable bonds is 8. The van der Waals surface area contributed by atoms with Gasteiger partial charge in [-0.1, -0.05) is 30.3 Å². The van der Waals surface area contributed by atoms with E-state index in [2.05, 4.69) is 20.5 Å². The molecule has 1 amide bonds. The summed E-state index contributed by atoms with van der Waals surface area (Å²) in [6.07, 6.45) is 1.75. The van der Waals surface area contributed by atoms with E-state index in [0.29, 0.717) is 24.1 Å². The molecular formula is C17H22ClN5O4S2. The molecule has 1 saturated heterocycles. The van der Waals surface area contributed by atoms with Crippen LogP contribution in [0, 0.1) is 0 Å². The first-order valence-corrected chi connectivity index (χ1v) is 11.9. The minimum absolute atomic E-state index is 0.0373. The lowest BCUT2D eigenvalue weighted by Crippen LogP contribution is -2.40. The van der Waals surface area contributed by atoms with Gasteiger partial charge < -0.3 is 10.1 Å². The number of halogens is 1. The van der Waals surface area contributed by atoms with Crippen LogP contribution < -0.4 is 5.32 Å². The molecule has 0 radical (unpaired) electrons. The van der Waals surface area contributed by atoms with Crippen LogP contribution in [0.4, 0.5) is 5.69 Å². The number of aryl methyl sites for hydroxylation is 1. The average Bonchev–Trinajstić information content (AvgIpc) is 3.16. The van der Waals surface area contributed by atoms with Crippen molar-refractivity contribution in [3.8, 4) is 0 Å². The lowest BCUT2D eigenvalue weighted by atomic mass is 10.3. The Morgan fingerprint density at radius 1 is 1.38 bits per heavy atom. The second kappa shape index (κ2) is 9.90. The number of carbonyl (C=O) groups excluding carboxylic acids is 1. The van der Waals surface area contributed by atoms with Crippen molar-refractivity contribution in [1.29, 1.82) is 0 Å². The fourth-order valence-electron chi connectivity index (χ4n) is 2.72. The highest BCUT2D eigenvalue weighted by atomic mass is 35.5. The van der Waals surface area contributed by atoms with Crippen molar-refractivity contribution in [2.45, 2.75) is 29.8 Å². The van der Waals surface area contributed by atoms with Crippen molar-refractivity contribution in [3.05, 3.63) is 29.0 Å². The minimum atomic E-state index is -3.77. The first kappa shape index (κ1) is 22.0. The van der Waals surface area contributed by atoms with Crippen LogP contribution in [0.15, 0.2) is 28.3 Å². The van der Waals surface area contributed by atoms with Crippen molar-refractivity contribution >= 4 is 45.0 Å². The lowest BCUT2D eigenvalue weighted by molar-refractivity contribution is -0.113. The molecule has 0 atom stereocenters. The van der Waals surface area contributed by atoms with E-state index in [1.54, 1.807) is 6.07 Å². The Labute approximate surface area is 178 Å². The molecule has 12 heteroatoms. The van der Waals surface area contributed by atoms with Crippen LogP contribution in [0.25, 0.3) is 0 Å². The minimum Gasteiger partial charge on any atom is -0.379 e. The van der Waals surface area contributed by atoms with Gasteiger partial charge in [-0.15, -0.1) is 5.10 Å². The zero-order valence-corrected chi connectivity index (χ0v) is 18.2. The summed E-state index contributed by atoms with van der Waals surface area (Å²) < 4.78 is 32.3. The van der Waals surface area contributed by atoms with Gasteiger partial charge in [0.25, 0.3) is 0 Å². The van der Waals surface area contributed by atoms with E-state index in [1.807, 2.05) is 6.92 Å². The third-order valence-corrected chi connectivity index (χ3v) is 7.36. The van der Waals surface area contributed by atoms with Crippen LogP contribution in [0.1, 0.15) is 19.2 Å². The summed E-state index contributed by atoms with van der Waals surface area (Å²) in [7, 11) is -3.77. The van der Waals surface area contributed by atoms with Crippen molar-refractivity contribution in [2.75, 3.05) is 37.4 Å². The van der Waals surface area contributed by atoms with E-state index < -0.39 is 10.0 Å². The number of aromatic nitrogens is 3. The van der Waals surface area contributed by atoms with Gasteiger partial charge in [-0.25, -0.2) is 13.4 Å². The topological polar surface area (TPSA) is 117 Å². The monoisotopic (exact) mass is 459 g/mol. The predicted octanol–water partition coefficient (Wildman–Crippen LogP) is 2.16. The number of anilines is 1. The number of aromatic amines is 1. The number of nitrogens with one attached hydrogen (secondary N) is 2. The summed E-state index contributed by atoms with van der Waals surface area (Å²) in [6, 6.07) is 4.40. The number of H-pyrrole nitrogens is 1. The SMILES string of the molecule is CCCc1nc(SCC(=O)Nc2ccc(Cl)c(S(=O)(=O)N3CCOCC3)c2)n[nH]1. The predicted molar refractivity (Wildman–Crippen MR) is 111 cm³/mol. The Balaban J connectivity index is 1.64. The van der Waals surface area contributed by atoms with Crippen molar-refractivity contribution in [3.63, 3.8) is 0 Å². The van der Waals surface area contributed by atoms with Gasteiger partial charge in [-0.2, -0.15) is 4.31 Å². The summed E-state index contributed by atoms with van der Waals surface area (Å²) in [4.78, 5) is 16.5. The number of thioether (sulfide) groups is 1. The molecule has 2 heterocycles. The summed E-state index contributed by atoms with van der Waals surface area (Å²) in [5.74, 6) is 0.581. The van der Waals surface area contributed by atoms with Crippen LogP contribution in [0.2, 0.25) is 5.02 Å². The summed E-state index contributed by atoms with van der Waals surface area (Å²) >= 11 is 7.33. The third kappa shape index (κ3) is 5.70. The molecule has 0 spiro atoms. The molecule has 1 aliphatic heterocycles. The van der Waals surface area contributed by atoms with E-state index in [1.165, 1.54) is 28.2 Å². The number of hydrogen-bond acceptors (Lipinski definition) is 7. The molecule has 2 N–H and O–H groups in total. The highest BCUT2D eigenvalue weighted by Gasteiger charge is 2.28. The Morgan fingerprint density at radius 3 is 2.86 bits per heavy atom. The number of sulfonamides is 1. The maximum absolute atomic E-state index is 12.9. The summed E-state index contributed by atoms with van der Waals surface area (Å²) in [6.45, 7) is 3.25. The number of nitrogens with zero attached hydrogens (tertiary/aromatic N) is 3. The number of benzene rings is 1. The molecule has 1 aromatic heterocycles. The standard InChI is InChI=1S/C17H22ClN5O4S2/c1-2-3-15-20-17(22-21-15)28-11-16(24)19-12-4-5-13(18)14(10-12)29(25,26)23-6-8-27-9-7-23/h4-5,10H,2-3,6-9,11H2,1H3,(H,19,24)(H,20,21,22). The first-order valence-electron chi connectivity index (χ1n) is 9.11. The largest absolute Gasteiger partial charge is 0.379 e. The van der Waals surface area contributed by atoms with Gasteiger partial charge in [0, 0.05) is 25.2 Å². The second-order valence-corrected chi connectivity index (χ2v) is 9.57. The van der Waals surface area contributed by atoms with Gasteiger partial charge in [0.15, 0.2) is 0 Å². The molecule has 1 aliphatic rings. The quantitative estimate of drug-likeness (QED) is 0.581. The van der Waals surface area contributed by atoms with Crippen LogP contribution in [0.5, 0.6) is 0 Å². The normalized spacial score (nSPS) is 15.4. The Morgan fingerprint density at radius 2 is 2.14 bits per heavy atom. The van der Waals surface area contributed by atoms with Gasteiger partial charge in [0.1, 0.15) is 10.7 Å². The molecule has 0 saturated carbocycles. The molecule has 2 aromatic rings. The first-order chi connectivity index (χ1) is 13.9.